The van der Waals surface area contributed by atoms with Crippen LogP contribution in [-0.2, 0) is 0 Å². The monoisotopic (exact) mass is 451 g/mol. The first-order chi connectivity index (χ1) is 16.0. The van der Waals surface area contributed by atoms with Crippen LogP contribution in [0.4, 0.5) is 18.9 Å². The number of nitrogens with one attached hydrogen (secondary N) is 1. The van der Waals surface area contributed by atoms with E-state index >= 15 is 4.39 Å². The highest BCUT2D eigenvalue weighted by atomic mass is 19.1. The van der Waals surface area contributed by atoms with Gasteiger partial charge in [-0.3, -0.25) is 4.79 Å². The largest absolute Gasteiger partial charge is 0.459 e. The average Bonchev–Trinajstić information content (AvgIpc) is 3.57. The molecule has 0 spiro atoms. The fraction of sp³-hybridized carbons (Fsp3) is 0.200. The minimum absolute atomic E-state index is 0.00303. The second-order valence-electron chi connectivity index (χ2n) is 8.04. The highest BCUT2D eigenvalue weighted by Crippen LogP contribution is 2.40. The molecule has 1 fully saturated rings. The highest BCUT2D eigenvalue weighted by molar-refractivity contribution is 6.02. The van der Waals surface area contributed by atoms with Gasteiger partial charge < -0.3 is 14.3 Å². The molecule has 1 N–H and O–H groups in total. The lowest BCUT2D eigenvalue weighted by molar-refractivity contribution is 0.0996. The fourth-order valence-corrected chi connectivity index (χ4v) is 4.32. The molecule has 5 rings (SSSR count). The van der Waals surface area contributed by atoms with Crippen LogP contribution in [0.15, 0.2) is 65.5 Å². The molecule has 1 aliphatic rings. The van der Waals surface area contributed by atoms with E-state index in [9.17, 15) is 13.6 Å². The maximum absolute atomic E-state index is 15.2. The summed E-state index contributed by atoms with van der Waals surface area (Å²) in [6.07, 6.45) is 6.90. The molecule has 2 aromatic carbocycles. The van der Waals surface area contributed by atoms with Gasteiger partial charge in [0.25, 0.3) is 5.91 Å². The molecule has 2 heterocycles. The van der Waals surface area contributed by atoms with E-state index in [0.717, 1.165) is 31.7 Å². The first kappa shape index (κ1) is 21.1. The Morgan fingerprint density at radius 3 is 2.48 bits per heavy atom. The van der Waals surface area contributed by atoms with Crippen LogP contribution in [0, 0.1) is 17.5 Å². The number of hydrogen-bond donors (Lipinski definition) is 1. The van der Waals surface area contributed by atoms with Crippen molar-refractivity contribution in [1.29, 1.82) is 0 Å². The number of rotatable bonds is 5. The number of carbonyl (C=O) groups excluding carboxylic acids is 1. The topological polar surface area (TPSA) is 60.1 Å². The predicted octanol–water partition coefficient (Wildman–Crippen LogP) is 6.59. The van der Waals surface area contributed by atoms with E-state index < -0.39 is 23.4 Å². The summed E-state index contributed by atoms with van der Waals surface area (Å²) >= 11 is 0. The fourth-order valence-electron chi connectivity index (χ4n) is 4.32. The van der Waals surface area contributed by atoms with Crippen molar-refractivity contribution in [2.75, 3.05) is 5.32 Å². The van der Waals surface area contributed by atoms with Gasteiger partial charge >= 0.3 is 0 Å². The standard InChI is InChI=1S/C25H20F3N3O2/c26-16-9-7-15(8-10-16)23-24(31(14-29-23)17-4-1-2-5-17)18-12-21(20(28)13-19(18)27)30-25(32)22-6-3-11-33-22/h3,6-14,17H,1-2,4-5H2,(H,30,32). The lowest BCUT2D eigenvalue weighted by atomic mass is 10.0. The third-order valence-corrected chi connectivity index (χ3v) is 5.93. The van der Waals surface area contributed by atoms with E-state index in [-0.39, 0.29) is 23.1 Å². The number of anilines is 1. The minimum atomic E-state index is -0.911. The van der Waals surface area contributed by atoms with Gasteiger partial charge in [-0.15, -0.1) is 0 Å². The van der Waals surface area contributed by atoms with Crippen LogP contribution < -0.4 is 5.32 Å². The first-order valence-electron chi connectivity index (χ1n) is 10.7. The summed E-state index contributed by atoms with van der Waals surface area (Å²) < 4.78 is 50.2. The van der Waals surface area contributed by atoms with E-state index in [1.807, 2.05) is 4.57 Å². The molecule has 1 amide bonds. The number of amides is 1. The summed E-state index contributed by atoms with van der Waals surface area (Å²) in [6, 6.07) is 10.9. The molecule has 168 valence electrons. The third kappa shape index (κ3) is 4.04. The predicted molar refractivity (Wildman–Crippen MR) is 117 cm³/mol. The Hall–Kier alpha value is -3.81. The number of benzene rings is 2. The molecule has 1 aliphatic carbocycles. The Labute approximate surface area is 187 Å². The number of aromatic nitrogens is 2. The van der Waals surface area contributed by atoms with Gasteiger partial charge in [-0.2, -0.15) is 0 Å². The van der Waals surface area contributed by atoms with Crippen LogP contribution >= 0.6 is 0 Å². The van der Waals surface area contributed by atoms with E-state index in [0.29, 0.717) is 17.0 Å². The molecule has 5 nitrogen and oxygen atoms in total. The van der Waals surface area contributed by atoms with Crippen molar-refractivity contribution < 1.29 is 22.4 Å². The van der Waals surface area contributed by atoms with Crippen LogP contribution in [0.25, 0.3) is 22.5 Å². The second kappa shape index (κ2) is 8.61. The van der Waals surface area contributed by atoms with Gasteiger partial charge in [-0.25, -0.2) is 18.2 Å². The average molecular weight is 451 g/mol. The smallest absolute Gasteiger partial charge is 0.291 e. The summed E-state index contributed by atoms with van der Waals surface area (Å²) in [5.41, 5.74) is 1.43. The van der Waals surface area contributed by atoms with Crippen molar-refractivity contribution >= 4 is 11.6 Å². The molecule has 8 heteroatoms. The van der Waals surface area contributed by atoms with Crippen molar-refractivity contribution in [1.82, 2.24) is 9.55 Å². The van der Waals surface area contributed by atoms with Gasteiger partial charge in [-0.05, 0) is 55.3 Å². The van der Waals surface area contributed by atoms with Crippen LogP contribution in [-0.4, -0.2) is 15.5 Å². The first-order valence-corrected chi connectivity index (χ1v) is 10.7. The number of nitrogens with zero attached hydrogens (tertiary/aromatic N) is 2. The van der Waals surface area contributed by atoms with Crippen molar-refractivity contribution in [2.24, 2.45) is 0 Å². The Morgan fingerprint density at radius 2 is 1.79 bits per heavy atom. The van der Waals surface area contributed by atoms with Crippen LogP contribution in [0.3, 0.4) is 0 Å². The molecule has 0 unspecified atom stereocenters. The quantitative estimate of drug-likeness (QED) is 0.372. The summed E-state index contributed by atoms with van der Waals surface area (Å²) in [4.78, 5) is 16.9. The molecule has 0 bridgehead atoms. The van der Waals surface area contributed by atoms with Gasteiger partial charge in [0.2, 0.25) is 0 Å². The number of carbonyl (C=O) groups is 1. The lowest BCUT2D eigenvalue weighted by Gasteiger charge is -2.18. The zero-order chi connectivity index (χ0) is 22.9. The van der Waals surface area contributed by atoms with E-state index in [1.165, 1.54) is 36.6 Å². The lowest BCUT2D eigenvalue weighted by Crippen LogP contribution is -2.13. The molecule has 0 saturated heterocycles. The Bertz CT molecular complexity index is 1290. The minimum Gasteiger partial charge on any atom is -0.459 e. The molecule has 2 aromatic heterocycles. The summed E-state index contributed by atoms with van der Waals surface area (Å²) in [5, 5.41) is 2.44. The number of imidazole rings is 1. The van der Waals surface area contributed by atoms with Gasteiger partial charge in [-0.1, -0.05) is 12.8 Å². The second-order valence-corrected chi connectivity index (χ2v) is 8.04. The molecule has 0 atom stereocenters. The Morgan fingerprint density at radius 1 is 1.03 bits per heavy atom. The van der Waals surface area contributed by atoms with Crippen molar-refractivity contribution in [2.45, 2.75) is 31.7 Å². The van der Waals surface area contributed by atoms with Gasteiger partial charge in [0, 0.05) is 23.2 Å². The van der Waals surface area contributed by atoms with Gasteiger partial charge in [0.05, 0.1) is 29.7 Å². The van der Waals surface area contributed by atoms with E-state index in [4.69, 9.17) is 4.42 Å². The van der Waals surface area contributed by atoms with Gasteiger partial charge in [0.15, 0.2) is 5.76 Å². The maximum Gasteiger partial charge on any atom is 0.291 e. The molecule has 4 aromatic rings. The summed E-state index contributed by atoms with van der Waals surface area (Å²) in [6.45, 7) is 0. The summed E-state index contributed by atoms with van der Waals surface area (Å²) in [7, 11) is 0. The molecule has 0 radical (unpaired) electrons. The molecule has 33 heavy (non-hydrogen) atoms. The number of halogens is 3. The Kier molecular flexibility index (Phi) is 5.50. The third-order valence-electron chi connectivity index (χ3n) is 5.93. The zero-order valence-corrected chi connectivity index (χ0v) is 17.5. The SMILES string of the molecule is O=C(Nc1cc(-c2c(-c3ccc(F)cc3)ncn2C2CCCC2)c(F)cc1F)c1ccco1. The maximum atomic E-state index is 15.2. The van der Waals surface area contributed by atoms with E-state index in [1.54, 1.807) is 18.5 Å². The van der Waals surface area contributed by atoms with Crippen LogP contribution in [0.1, 0.15) is 42.3 Å². The molecular formula is C25H20F3N3O2. The highest BCUT2D eigenvalue weighted by Gasteiger charge is 2.26. The van der Waals surface area contributed by atoms with E-state index in [2.05, 4.69) is 10.3 Å². The van der Waals surface area contributed by atoms with Gasteiger partial charge in [0.1, 0.15) is 17.5 Å². The molecule has 1 saturated carbocycles. The van der Waals surface area contributed by atoms with Crippen molar-refractivity contribution in [3.8, 4) is 22.5 Å². The molecular weight excluding hydrogens is 431 g/mol. The van der Waals surface area contributed by atoms with Crippen LogP contribution in [0.5, 0.6) is 0 Å². The number of furan rings is 1. The normalized spacial score (nSPS) is 14.0. The van der Waals surface area contributed by atoms with Crippen molar-refractivity contribution in [3.63, 3.8) is 0 Å². The van der Waals surface area contributed by atoms with Crippen LogP contribution in [0.2, 0.25) is 0 Å². The zero-order valence-electron chi connectivity index (χ0n) is 17.5. The number of hydrogen-bond acceptors (Lipinski definition) is 3. The van der Waals surface area contributed by atoms with Crippen molar-refractivity contribution in [3.05, 3.63) is 84.3 Å². The summed E-state index contributed by atoms with van der Waals surface area (Å²) in [5.74, 6) is -2.74. The molecule has 0 aliphatic heterocycles. The Balaban J connectivity index is 1.63.